The van der Waals surface area contributed by atoms with E-state index in [1.165, 1.54) is 12.5 Å². The van der Waals surface area contributed by atoms with Gasteiger partial charge in [-0.25, -0.2) is 0 Å². The van der Waals surface area contributed by atoms with Gasteiger partial charge in [-0.15, -0.1) is 0 Å². The number of fused-ring (bicyclic) bond motifs is 11. The van der Waals surface area contributed by atoms with Gasteiger partial charge < -0.3 is 14.2 Å². The summed E-state index contributed by atoms with van der Waals surface area (Å²) in [6, 6.07) is 5.60. The Hall–Kier alpha value is -2.70. The number of esters is 1. The summed E-state index contributed by atoms with van der Waals surface area (Å²) in [4.78, 5) is 56.5. The Bertz CT molecular complexity index is 1740. The summed E-state index contributed by atoms with van der Waals surface area (Å²) in [5, 5.41) is 0. The van der Waals surface area contributed by atoms with E-state index in [9.17, 15) is 19.2 Å². The number of ketones is 1. The van der Waals surface area contributed by atoms with Gasteiger partial charge in [-0.1, -0.05) is 60.1 Å². The molecule has 2 bridgehead atoms. The van der Waals surface area contributed by atoms with Crippen LogP contribution in [0.5, 0.6) is 0 Å². The van der Waals surface area contributed by atoms with Crippen molar-refractivity contribution in [3.8, 4) is 0 Å². The number of aromatic nitrogens is 1. The van der Waals surface area contributed by atoms with Crippen molar-refractivity contribution in [3.63, 3.8) is 0 Å². The molecular formula is C43H60N2O5. The fraction of sp³-hybridized carbons (Fsp3) is 0.767. The van der Waals surface area contributed by atoms with Crippen molar-refractivity contribution in [2.75, 3.05) is 13.1 Å². The molecule has 11 atom stereocenters. The van der Waals surface area contributed by atoms with Crippen LogP contribution in [-0.2, 0) is 25.7 Å². The standard InChI is InChI=1S/C43H60N2O5/c1-26(46)50-34-13-14-41(6)33(38(34,2)3)12-15-43(8)36(41)32(47)21-29-30-22-40(5,17-16-39(30,4)18-19-42(29,43)7)37(49)44-23-27-20-28(25-44)31-10-9-11-35(48)45(31)24-27/h9-11,21,27-28,30,33-34,36H,12-20,22-25H2,1-8H3/t27-,28+,30+,33+,34+,36-,39-,40?,41+,42-,43-/m1/s1. The second-order valence-corrected chi connectivity index (χ2v) is 20.1. The first-order valence-electron chi connectivity index (χ1n) is 19.8. The topological polar surface area (TPSA) is 85.7 Å². The SMILES string of the molecule is CC(=O)O[C@H]1CC[C@]2(C)[C@H]3C(=O)C=C4[C@@H]5CC(C)(C(=O)N6C[C@H]7C[C@@H](C6)c6cccc(=O)n6C7)CC[C@]5(C)CC[C@@]4(C)[C@]3(C)CC[C@H]2C1(C)C. The average molecular weight is 685 g/mol. The Kier molecular flexibility index (Phi) is 7.51. The Morgan fingerprint density at radius 1 is 0.860 bits per heavy atom. The molecule has 5 fully saturated rings. The number of likely N-dealkylation sites (tertiary alicyclic amines) is 1. The minimum atomic E-state index is -0.477. The van der Waals surface area contributed by atoms with Crippen molar-refractivity contribution in [2.24, 2.45) is 56.2 Å². The van der Waals surface area contributed by atoms with Gasteiger partial charge in [-0.3, -0.25) is 19.2 Å². The van der Waals surface area contributed by atoms with Gasteiger partial charge in [0.2, 0.25) is 5.91 Å². The Morgan fingerprint density at radius 2 is 1.60 bits per heavy atom. The van der Waals surface area contributed by atoms with Gasteiger partial charge in [0.25, 0.3) is 5.56 Å². The molecule has 1 aromatic heterocycles. The monoisotopic (exact) mass is 684 g/mol. The largest absolute Gasteiger partial charge is 0.462 e. The lowest BCUT2D eigenvalue weighted by Crippen LogP contribution is -2.67. The number of carbonyl (C=O) groups excluding carboxylic acids is 3. The Labute approximate surface area is 299 Å². The van der Waals surface area contributed by atoms with Gasteiger partial charge in [-0.05, 0) is 116 Å². The quantitative estimate of drug-likeness (QED) is 0.298. The van der Waals surface area contributed by atoms with Gasteiger partial charge in [0.15, 0.2) is 5.78 Å². The zero-order chi connectivity index (χ0) is 35.8. The lowest BCUT2D eigenvalue weighted by molar-refractivity contribution is -0.210. The van der Waals surface area contributed by atoms with Crippen LogP contribution >= 0.6 is 0 Å². The second-order valence-electron chi connectivity index (χ2n) is 20.1. The number of rotatable bonds is 2. The molecule has 0 radical (unpaired) electrons. The molecule has 7 aliphatic rings. The predicted molar refractivity (Wildman–Crippen MR) is 193 cm³/mol. The molecule has 272 valence electrons. The average Bonchev–Trinajstić information content (AvgIpc) is 3.04. The van der Waals surface area contributed by atoms with Crippen LogP contribution in [0.1, 0.15) is 131 Å². The summed E-state index contributed by atoms with van der Waals surface area (Å²) in [7, 11) is 0. The van der Waals surface area contributed by atoms with Crippen LogP contribution in [0.2, 0.25) is 0 Å². The molecule has 8 rings (SSSR count). The molecule has 1 unspecified atom stereocenters. The van der Waals surface area contributed by atoms with E-state index in [0.29, 0.717) is 30.7 Å². The molecule has 7 nitrogen and oxygen atoms in total. The van der Waals surface area contributed by atoms with E-state index in [-0.39, 0.29) is 68.4 Å². The fourth-order valence-corrected chi connectivity index (χ4v) is 14.2. The molecule has 0 spiro atoms. The number of carbonyl (C=O) groups is 3. The van der Waals surface area contributed by atoms with E-state index in [4.69, 9.17) is 4.74 Å². The molecule has 1 amide bonds. The fourth-order valence-electron chi connectivity index (χ4n) is 14.2. The summed E-state index contributed by atoms with van der Waals surface area (Å²) < 4.78 is 7.85. The van der Waals surface area contributed by atoms with E-state index >= 15 is 0 Å². The van der Waals surface area contributed by atoms with E-state index in [1.807, 2.05) is 10.6 Å². The van der Waals surface area contributed by atoms with Crippen molar-refractivity contribution < 1.29 is 19.1 Å². The van der Waals surface area contributed by atoms with Crippen LogP contribution in [-0.4, -0.2) is 46.3 Å². The summed E-state index contributed by atoms with van der Waals surface area (Å²) in [6.45, 7) is 20.1. The van der Waals surface area contributed by atoms with E-state index in [2.05, 4.69) is 65.5 Å². The molecule has 1 saturated heterocycles. The van der Waals surface area contributed by atoms with Gasteiger partial charge in [-0.2, -0.15) is 0 Å². The molecule has 1 aromatic rings. The summed E-state index contributed by atoms with van der Waals surface area (Å²) in [5.74, 6) is 1.32. The smallest absolute Gasteiger partial charge is 0.302 e. The maximum Gasteiger partial charge on any atom is 0.302 e. The maximum absolute atomic E-state index is 14.9. The van der Waals surface area contributed by atoms with Gasteiger partial charge in [0, 0.05) is 61.0 Å². The molecule has 0 aromatic carbocycles. The first-order valence-corrected chi connectivity index (χ1v) is 19.8. The van der Waals surface area contributed by atoms with Crippen molar-refractivity contribution in [2.45, 2.75) is 138 Å². The lowest BCUT2D eigenvalue weighted by atomic mass is 9.33. The van der Waals surface area contributed by atoms with Crippen molar-refractivity contribution in [3.05, 3.63) is 45.9 Å². The highest BCUT2D eigenvalue weighted by molar-refractivity contribution is 5.96. The highest BCUT2D eigenvalue weighted by atomic mass is 16.5. The van der Waals surface area contributed by atoms with Gasteiger partial charge >= 0.3 is 5.97 Å². The molecule has 5 aliphatic carbocycles. The number of hydrogen-bond acceptors (Lipinski definition) is 5. The molecular weight excluding hydrogens is 624 g/mol. The van der Waals surface area contributed by atoms with Crippen LogP contribution in [0, 0.1) is 56.2 Å². The van der Waals surface area contributed by atoms with Crippen LogP contribution in [0.4, 0.5) is 0 Å². The van der Waals surface area contributed by atoms with Crippen molar-refractivity contribution in [1.29, 1.82) is 0 Å². The summed E-state index contributed by atoms with van der Waals surface area (Å²) >= 11 is 0. The van der Waals surface area contributed by atoms with E-state index in [0.717, 1.165) is 76.4 Å². The number of pyridine rings is 1. The number of allylic oxidation sites excluding steroid dienone is 2. The second kappa shape index (κ2) is 10.9. The molecule has 7 heteroatoms. The highest BCUT2D eigenvalue weighted by Gasteiger charge is 2.70. The summed E-state index contributed by atoms with van der Waals surface area (Å²) in [5.41, 5.74) is 1.45. The van der Waals surface area contributed by atoms with Crippen molar-refractivity contribution >= 4 is 17.7 Å². The molecule has 50 heavy (non-hydrogen) atoms. The van der Waals surface area contributed by atoms with Crippen molar-refractivity contribution in [1.82, 2.24) is 9.47 Å². The summed E-state index contributed by atoms with van der Waals surface area (Å²) in [6.07, 6.45) is 11.7. The van der Waals surface area contributed by atoms with Crippen LogP contribution < -0.4 is 5.56 Å². The van der Waals surface area contributed by atoms with Gasteiger partial charge in [0.05, 0.1) is 0 Å². The maximum atomic E-state index is 14.9. The normalized spacial score (nSPS) is 45.9. The van der Waals surface area contributed by atoms with E-state index < -0.39 is 5.41 Å². The number of amides is 1. The molecule has 4 saturated carbocycles. The number of nitrogens with zero attached hydrogens (tertiary/aromatic N) is 2. The van der Waals surface area contributed by atoms with Crippen LogP contribution in [0.25, 0.3) is 0 Å². The third kappa shape index (κ3) is 4.58. The number of hydrogen-bond donors (Lipinski definition) is 0. The van der Waals surface area contributed by atoms with E-state index in [1.54, 1.807) is 6.07 Å². The van der Waals surface area contributed by atoms with Crippen LogP contribution in [0.15, 0.2) is 34.6 Å². The number of ether oxygens (including phenoxy) is 1. The first kappa shape index (κ1) is 34.4. The zero-order valence-corrected chi connectivity index (χ0v) is 31.9. The molecule has 0 N–H and O–H groups in total. The Morgan fingerprint density at radius 3 is 2.34 bits per heavy atom. The molecule has 3 heterocycles. The Balaban J connectivity index is 1.10. The third-order valence-corrected chi connectivity index (χ3v) is 17.1. The van der Waals surface area contributed by atoms with Crippen LogP contribution in [0.3, 0.4) is 0 Å². The number of piperidine rings is 1. The predicted octanol–water partition coefficient (Wildman–Crippen LogP) is 7.71. The third-order valence-electron chi connectivity index (χ3n) is 17.1. The molecule has 2 aliphatic heterocycles. The minimum absolute atomic E-state index is 0.0656. The first-order chi connectivity index (χ1) is 23.4. The minimum Gasteiger partial charge on any atom is -0.462 e. The van der Waals surface area contributed by atoms with Gasteiger partial charge in [0.1, 0.15) is 6.10 Å². The lowest BCUT2D eigenvalue weighted by Gasteiger charge is -2.70. The zero-order valence-electron chi connectivity index (χ0n) is 31.9. The highest BCUT2D eigenvalue weighted by Crippen LogP contribution is 2.75.